The fourth-order valence-electron chi connectivity index (χ4n) is 1.63. The van der Waals surface area contributed by atoms with E-state index in [4.69, 9.17) is 5.11 Å². The van der Waals surface area contributed by atoms with E-state index in [0.717, 1.165) is 0 Å². The molecule has 0 aliphatic carbocycles. The van der Waals surface area contributed by atoms with Gasteiger partial charge in [0.25, 0.3) is 5.69 Å². The number of nitrogens with zero attached hydrogens (tertiary/aromatic N) is 3. The first kappa shape index (κ1) is 13.2. The second kappa shape index (κ2) is 4.81. The molecule has 19 heavy (non-hydrogen) atoms. The highest BCUT2D eigenvalue weighted by Gasteiger charge is 2.19. The number of hydrogen-bond acceptors (Lipinski definition) is 4. The van der Waals surface area contributed by atoms with Crippen molar-refractivity contribution in [1.82, 2.24) is 9.78 Å². The van der Waals surface area contributed by atoms with Crippen molar-refractivity contribution < 1.29 is 14.8 Å². The smallest absolute Gasteiger partial charge is 0.339 e. The Kier molecular flexibility index (Phi) is 3.34. The molecule has 8 heteroatoms. The number of nitro benzene ring substituents is 1. The second-order valence-corrected chi connectivity index (χ2v) is 4.68. The molecule has 1 N–H and O–H groups in total. The van der Waals surface area contributed by atoms with E-state index >= 15 is 0 Å². The summed E-state index contributed by atoms with van der Waals surface area (Å²) >= 11 is 3.15. The molecule has 0 saturated heterocycles. The molecule has 0 radical (unpaired) electrons. The van der Waals surface area contributed by atoms with Crippen molar-refractivity contribution in [2.45, 2.75) is 6.92 Å². The highest BCUT2D eigenvalue weighted by atomic mass is 79.9. The molecular weight excluding hydrogens is 318 g/mol. The molecule has 2 aromatic rings. The predicted molar refractivity (Wildman–Crippen MR) is 69.6 cm³/mol. The number of aryl methyl sites for hydroxylation is 1. The van der Waals surface area contributed by atoms with E-state index in [2.05, 4.69) is 21.0 Å². The van der Waals surface area contributed by atoms with Gasteiger partial charge < -0.3 is 5.11 Å². The minimum atomic E-state index is -1.12. The summed E-state index contributed by atoms with van der Waals surface area (Å²) in [5.74, 6) is -1.12. The molecule has 1 aromatic heterocycles. The van der Waals surface area contributed by atoms with Crippen LogP contribution in [0.5, 0.6) is 0 Å². The maximum Gasteiger partial charge on any atom is 0.339 e. The van der Waals surface area contributed by atoms with Gasteiger partial charge in [0.1, 0.15) is 11.3 Å². The number of carboxylic acids is 1. The summed E-state index contributed by atoms with van der Waals surface area (Å²) in [5, 5.41) is 23.9. The lowest BCUT2D eigenvalue weighted by molar-refractivity contribution is -0.384. The molecule has 0 atom stereocenters. The topological polar surface area (TPSA) is 98.3 Å². The first-order valence-electron chi connectivity index (χ1n) is 5.14. The lowest BCUT2D eigenvalue weighted by Crippen LogP contribution is -2.01. The van der Waals surface area contributed by atoms with Crippen LogP contribution in [0, 0.1) is 17.0 Å². The maximum atomic E-state index is 11.0. The number of aromatic nitrogens is 2. The highest BCUT2D eigenvalue weighted by molar-refractivity contribution is 9.10. The van der Waals surface area contributed by atoms with E-state index in [1.165, 1.54) is 29.9 Å². The van der Waals surface area contributed by atoms with Crippen molar-refractivity contribution in [3.8, 4) is 5.69 Å². The van der Waals surface area contributed by atoms with E-state index in [-0.39, 0.29) is 16.9 Å². The van der Waals surface area contributed by atoms with E-state index in [1.54, 1.807) is 6.07 Å². The van der Waals surface area contributed by atoms with Crippen molar-refractivity contribution >= 4 is 27.6 Å². The zero-order valence-electron chi connectivity index (χ0n) is 9.70. The maximum absolute atomic E-state index is 11.0. The number of aromatic carboxylic acids is 1. The first-order chi connectivity index (χ1) is 8.90. The summed E-state index contributed by atoms with van der Waals surface area (Å²) in [4.78, 5) is 21.4. The van der Waals surface area contributed by atoms with Gasteiger partial charge in [0.2, 0.25) is 0 Å². The Morgan fingerprint density at radius 2 is 2.21 bits per heavy atom. The van der Waals surface area contributed by atoms with Crippen LogP contribution in [0.3, 0.4) is 0 Å². The van der Waals surface area contributed by atoms with Crippen LogP contribution in [0.2, 0.25) is 0 Å². The van der Waals surface area contributed by atoms with Gasteiger partial charge in [-0.3, -0.25) is 10.1 Å². The standard InChI is InChI=1S/C11H8BrN3O4/c1-6-8(11(16)17)5-14(13-6)9-3-2-7(12)4-10(9)15(18)19/h2-5H,1H3,(H,16,17). The summed E-state index contributed by atoms with van der Waals surface area (Å²) in [6.07, 6.45) is 1.26. The van der Waals surface area contributed by atoms with Gasteiger partial charge in [-0.15, -0.1) is 0 Å². The number of carboxylic acid groups (broad SMARTS) is 1. The normalized spacial score (nSPS) is 10.4. The van der Waals surface area contributed by atoms with Gasteiger partial charge in [-0.25, -0.2) is 9.48 Å². The Hall–Kier alpha value is -2.22. The molecule has 0 bridgehead atoms. The van der Waals surface area contributed by atoms with E-state index in [0.29, 0.717) is 10.2 Å². The number of hydrogen-bond donors (Lipinski definition) is 1. The van der Waals surface area contributed by atoms with Crippen LogP contribution < -0.4 is 0 Å². The van der Waals surface area contributed by atoms with Gasteiger partial charge in [0.05, 0.1) is 10.6 Å². The van der Waals surface area contributed by atoms with Crippen LogP contribution in [-0.4, -0.2) is 25.8 Å². The second-order valence-electron chi connectivity index (χ2n) is 3.77. The molecule has 0 fully saturated rings. The lowest BCUT2D eigenvalue weighted by Gasteiger charge is -2.03. The Labute approximate surface area is 115 Å². The third-order valence-corrected chi connectivity index (χ3v) is 3.00. The van der Waals surface area contributed by atoms with Gasteiger partial charge in [0, 0.05) is 16.7 Å². The van der Waals surface area contributed by atoms with Gasteiger partial charge in [0.15, 0.2) is 0 Å². The van der Waals surface area contributed by atoms with Gasteiger partial charge >= 0.3 is 5.97 Å². The lowest BCUT2D eigenvalue weighted by atomic mass is 10.2. The van der Waals surface area contributed by atoms with Gasteiger partial charge in [-0.1, -0.05) is 15.9 Å². The molecule has 0 aliphatic heterocycles. The Bertz CT molecular complexity index is 681. The summed E-state index contributed by atoms with van der Waals surface area (Å²) in [5.41, 5.74) is 0.361. The third-order valence-electron chi connectivity index (χ3n) is 2.51. The molecule has 98 valence electrons. The molecular formula is C11H8BrN3O4. The quantitative estimate of drug-likeness (QED) is 0.690. The zero-order valence-corrected chi connectivity index (χ0v) is 11.3. The fourth-order valence-corrected chi connectivity index (χ4v) is 1.98. The van der Waals surface area contributed by atoms with E-state index in [1.807, 2.05) is 0 Å². The van der Waals surface area contributed by atoms with Crippen molar-refractivity contribution in [2.24, 2.45) is 0 Å². The van der Waals surface area contributed by atoms with Crippen LogP contribution in [0.1, 0.15) is 16.1 Å². The number of benzene rings is 1. The fraction of sp³-hybridized carbons (Fsp3) is 0.0909. The summed E-state index contributed by atoms with van der Waals surface area (Å²) in [7, 11) is 0. The highest BCUT2D eigenvalue weighted by Crippen LogP contribution is 2.27. The minimum Gasteiger partial charge on any atom is -0.478 e. The molecule has 0 amide bonds. The number of carbonyl (C=O) groups is 1. The number of rotatable bonds is 3. The number of halogens is 1. The van der Waals surface area contributed by atoms with Crippen LogP contribution in [0.25, 0.3) is 5.69 Å². The monoisotopic (exact) mass is 325 g/mol. The number of nitro groups is 1. The molecule has 7 nitrogen and oxygen atoms in total. The molecule has 0 saturated carbocycles. The third kappa shape index (κ3) is 2.48. The van der Waals surface area contributed by atoms with Crippen LogP contribution in [0.4, 0.5) is 5.69 Å². The van der Waals surface area contributed by atoms with Gasteiger partial charge in [-0.2, -0.15) is 5.10 Å². The van der Waals surface area contributed by atoms with Crippen LogP contribution in [0.15, 0.2) is 28.9 Å². The molecule has 0 aliphatic rings. The van der Waals surface area contributed by atoms with E-state index in [9.17, 15) is 14.9 Å². The molecule has 1 aromatic carbocycles. The Balaban J connectivity index is 2.62. The molecule has 1 heterocycles. The minimum absolute atomic E-state index is 0.0113. The molecule has 2 rings (SSSR count). The Morgan fingerprint density at radius 3 is 2.74 bits per heavy atom. The van der Waals surface area contributed by atoms with Crippen LogP contribution in [-0.2, 0) is 0 Å². The summed E-state index contributed by atoms with van der Waals surface area (Å²) < 4.78 is 1.76. The van der Waals surface area contributed by atoms with Crippen LogP contribution >= 0.6 is 15.9 Å². The largest absolute Gasteiger partial charge is 0.478 e. The SMILES string of the molecule is Cc1nn(-c2ccc(Br)cc2[N+](=O)[O-])cc1C(=O)O. The van der Waals surface area contributed by atoms with E-state index < -0.39 is 10.9 Å². The summed E-state index contributed by atoms with van der Waals surface area (Å²) in [6.45, 7) is 1.53. The predicted octanol–water partition coefficient (Wildman–Crippen LogP) is 2.55. The van der Waals surface area contributed by atoms with Gasteiger partial charge in [-0.05, 0) is 19.1 Å². The van der Waals surface area contributed by atoms with Crippen molar-refractivity contribution in [2.75, 3.05) is 0 Å². The summed E-state index contributed by atoms with van der Waals surface area (Å²) in [6, 6.07) is 4.47. The van der Waals surface area contributed by atoms with Crippen molar-refractivity contribution in [3.05, 3.63) is 50.2 Å². The van der Waals surface area contributed by atoms with Crippen molar-refractivity contribution in [1.29, 1.82) is 0 Å². The average molecular weight is 326 g/mol. The zero-order chi connectivity index (χ0) is 14.2. The van der Waals surface area contributed by atoms with Crippen molar-refractivity contribution in [3.63, 3.8) is 0 Å². The first-order valence-corrected chi connectivity index (χ1v) is 5.93. The average Bonchev–Trinajstić information content (AvgIpc) is 2.71. The Morgan fingerprint density at radius 1 is 1.53 bits per heavy atom. The molecule has 0 unspecified atom stereocenters. The molecule has 0 spiro atoms.